The fourth-order valence-electron chi connectivity index (χ4n) is 3.91. The van der Waals surface area contributed by atoms with Gasteiger partial charge in [0.1, 0.15) is 11.5 Å². The van der Waals surface area contributed by atoms with E-state index in [-0.39, 0.29) is 28.4 Å². The lowest BCUT2D eigenvalue weighted by Gasteiger charge is -2.43. The normalized spacial score (nSPS) is 23.4. The van der Waals surface area contributed by atoms with Gasteiger partial charge in [0.25, 0.3) is 0 Å². The van der Waals surface area contributed by atoms with E-state index in [1.54, 1.807) is 25.1 Å². The van der Waals surface area contributed by atoms with Gasteiger partial charge in [0.2, 0.25) is 0 Å². The molecule has 0 aromatic heterocycles. The number of benzene rings is 1. The minimum Gasteiger partial charge on any atom is -0.507 e. The number of ketones is 1. The smallest absolute Gasteiger partial charge is 0.335 e. The molecule has 0 heterocycles. The van der Waals surface area contributed by atoms with Crippen LogP contribution in [0.1, 0.15) is 51.9 Å². The highest BCUT2D eigenvalue weighted by atomic mass is 16.4. The van der Waals surface area contributed by atoms with Gasteiger partial charge in [-0.25, -0.2) is 4.79 Å². The highest BCUT2D eigenvalue weighted by molar-refractivity contribution is 6.06. The Hall–Kier alpha value is -2.82. The molecule has 0 radical (unpaired) electrons. The average molecular weight is 384 g/mol. The Labute approximate surface area is 165 Å². The highest BCUT2D eigenvalue weighted by Gasteiger charge is 2.45. The maximum atomic E-state index is 12.6. The number of carboxylic acids is 1. The van der Waals surface area contributed by atoms with E-state index in [4.69, 9.17) is 0 Å². The third-order valence-corrected chi connectivity index (χ3v) is 5.74. The van der Waals surface area contributed by atoms with E-state index >= 15 is 0 Å². The number of para-hydroxylation sites is 1. The van der Waals surface area contributed by atoms with Crippen molar-refractivity contribution in [1.29, 1.82) is 0 Å². The Kier molecular flexibility index (Phi) is 5.60. The SMILES string of the molecule is CC1=C(C(C)(C)C)C(O)=C(C(=O)O)C(C)C1(C)C=CC(=O)c1ccccc1O. The van der Waals surface area contributed by atoms with Crippen molar-refractivity contribution in [3.05, 3.63) is 64.5 Å². The third kappa shape index (κ3) is 3.61. The number of phenols is 1. The molecule has 5 nitrogen and oxygen atoms in total. The molecule has 3 N–H and O–H groups in total. The lowest BCUT2D eigenvalue weighted by molar-refractivity contribution is -0.133. The zero-order valence-electron chi connectivity index (χ0n) is 17.2. The Morgan fingerprint density at radius 1 is 1.14 bits per heavy atom. The van der Waals surface area contributed by atoms with Crippen molar-refractivity contribution < 1.29 is 24.9 Å². The lowest BCUT2D eigenvalue weighted by atomic mass is 9.61. The summed E-state index contributed by atoms with van der Waals surface area (Å²) >= 11 is 0. The standard InChI is InChI=1S/C23H28O5/c1-13-18(21(27)28)20(26)19(22(3,4)5)14(2)23(13,6)12-11-17(25)15-9-7-8-10-16(15)24/h7-13,24,26H,1-6H3,(H,27,28). The maximum absolute atomic E-state index is 12.6. The molecule has 28 heavy (non-hydrogen) atoms. The van der Waals surface area contributed by atoms with Gasteiger partial charge in [0.15, 0.2) is 5.78 Å². The third-order valence-electron chi connectivity index (χ3n) is 5.74. The molecule has 1 aromatic carbocycles. The Bertz CT molecular complexity index is 911. The molecule has 0 bridgehead atoms. The van der Waals surface area contributed by atoms with Gasteiger partial charge in [-0.05, 0) is 36.1 Å². The quantitative estimate of drug-likeness (QED) is 0.499. The van der Waals surface area contributed by atoms with Crippen molar-refractivity contribution in [2.24, 2.45) is 16.7 Å². The van der Waals surface area contributed by atoms with E-state index < -0.39 is 22.7 Å². The second kappa shape index (κ2) is 7.30. The molecule has 0 fully saturated rings. The van der Waals surface area contributed by atoms with Crippen LogP contribution in [0.25, 0.3) is 0 Å². The van der Waals surface area contributed by atoms with Crippen molar-refractivity contribution >= 4 is 11.8 Å². The van der Waals surface area contributed by atoms with Crippen LogP contribution in [0.15, 0.2) is 58.9 Å². The molecule has 1 aromatic rings. The summed E-state index contributed by atoms with van der Waals surface area (Å²) in [4.78, 5) is 24.5. The number of allylic oxidation sites excluding steroid dienone is 4. The molecule has 0 saturated carbocycles. The second-order valence-corrected chi connectivity index (χ2v) is 8.54. The van der Waals surface area contributed by atoms with E-state index in [0.29, 0.717) is 5.57 Å². The maximum Gasteiger partial charge on any atom is 0.335 e. The molecule has 1 aliphatic rings. The molecule has 0 saturated heterocycles. The van der Waals surface area contributed by atoms with Crippen LogP contribution in [-0.2, 0) is 4.79 Å². The number of carbonyl (C=O) groups is 2. The Morgan fingerprint density at radius 3 is 2.21 bits per heavy atom. The lowest BCUT2D eigenvalue weighted by Crippen LogP contribution is -2.37. The molecule has 0 amide bonds. The second-order valence-electron chi connectivity index (χ2n) is 8.54. The molecule has 2 rings (SSSR count). The van der Waals surface area contributed by atoms with Crippen molar-refractivity contribution in [1.82, 2.24) is 0 Å². The highest BCUT2D eigenvalue weighted by Crippen LogP contribution is 2.51. The van der Waals surface area contributed by atoms with Gasteiger partial charge in [-0.1, -0.05) is 58.4 Å². The molecule has 0 spiro atoms. The van der Waals surface area contributed by atoms with E-state index in [2.05, 4.69) is 0 Å². The zero-order chi connectivity index (χ0) is 21.4. The van der Waals surface area contributed by atoms with Crippen LogP contribution < -0.4 is 0 Å². The summed E-state index contributed by atoms with van der Waals surface area (Å²) in [5.74, 6) is -2.39. The average Bonchev–Trinajstić information content (AvgIpc) is 2.57. The predicted octanol–water partition coefficient (Wildman–Crippen LogP) is 5.05. The van der Waals surface area contributed by atoms with E-state index in [1.165, 1.54) is 18.2 Å². The summed E-state index contributed by atoms with van der Waals surface area (Å²) < 4.78 is 0. The molecule has 2 atom stereocenters. The predicted molar refractivity (Wildman–Crippen MR) is 108 cm³/mol. The first-order valence-corrected chi connectivity index (χ1v) is 9.22. The number of hydrogen-bond donors (Lipinski definition) is 3. The largest absolute Gasteiger partial charge is 0.507 e. The van der Waals surface area contributed by atoms with E-state index in [9.17, 15) is 24.9 Å². The Balaban J connectivity index is 2.61. The number of carboxylic acid groups (broad SMARTS) is 1. The molecular formula is C23H28O5. The summed E-state index contributed by atoms with van der Waals surface area (Å²) in [6.45, 7) is 11.2. The number of hydrogen-bond acceptors (Lipinski definition) is 4. The summed E-state index contributed by atoms with van der Waals surface area (Å²) in [5.41, 5.74) is 0.244. The zero-order valence-corrected chi connectivity index (χ0v) is 17.2. The monoisotopic (exact) mass is 384 g/mol. The van der Waals surface area contributed by atoms with Gasteiger partial charge >= 0.3 is 5.97 Å². The summed E-state index contributed by atoms with van der Waals surface area (Å²) in [7, 11) is 0. The molecule has 2 unspecified atom stereocenters. The van der Waals surface area contributed by atoms with Gasteiger partial charge < -0.3 is 15.3 Å². The first-order valence-electron chi connectivity index (χ1n) is 9.22. The number of carbonyl (C=O) groups excluding carboxylic acids is 1. The fourth-order valence-corrected chi connectivity index (χ4v) is 3.91. The Morgan fingerprint density at radius 2 is 1.71 bits per heavy atom. The number of aromatic hydroxyl groups is 1. The molecule has 0 aliphatic heterocycles. The van der Waals surface area contributed by atoms with E-state index in [0.717, 1.165) is 5.57 Å². The minimum atomic E-state index is -1.18. The van der Waals surface area contributed by atoms with Crippen LogP contribution in [0.4, 0.5) is 0 Å². The number of aliphatic hydroxyl groups excluding tert-OH is 1. The van der Waals surface area contributed by atoms with Crippen LogP contribution in [0.5, 0.6) is 5.75 Å². The van der Waals surface area contributed by atoms with Crippen molar-refractivity contribution in [2.75, 3.05) is 0 Å². The number of phenolic OH excluding ortho intramolecular Hbond substituents is 1. The van der Waals surface area contributed by atoms with Crippen molar-refractivity contribution in [3.63, 3.8) is 0 Å². The molecule has 1 aliphatic carbocycles. The van der Waals surface area contributed by atoms with Crippen LogP contribution >= 0.6 is 0 Å². The minimum absolute atomic E-state index is 0.0577. The van der Waals surface area contributed by atoms with Crippen LogP contribution in [0, 0.1) is 16.7 Å². The van der Waals surface area contributed by atoms with Crippen LogP contribution in [-0.4, -0.2) is 27.1 Å². The van der Waals surface area contributed by atoms with Crippen LogP contribution in [0.2, 0.25) is 0 Å². The van der Waals surface area contributed by atoms with Crippen molar-refractivity contribution in [2.45, 2.75) is 41.5 Å². The van der Waals surface area contributed by atoms with Crippen LogP contribution in [0.3, 0.4) is 0 Å². The van der Waals surface area contributed by atoms with E-state index in [1.807, 2.05) is 34.6 Å². The molecule has 150 valence electrons. The number of aliphatic carboxylic acids is 1. The fraction of sp³-hybridized carbons (Fsp3) is 0.391. The van der Waals surface area contributed by atoms with Gasteiger partial charge in [-0.2, -0.15) is 0 Å². The van der Waals surface area contributed by atoms with Crippen molar-refractivity contribution in [3.8, 4) is 5.75 Å². The topological polar surface area (TPSA) is 94.8 Å². The number of aliphatic hydroxyl groups is 1. The molecular weight excluding hydrogens is 356 g/mol. The first kappa shape index (κ1) is 21.5. The van der Waals surface area contributed by atoms with Gasteiger partial charge in [-0.15, -0.1) is 0 Å². The molecule has 5 heteroatoms. The first-order chi connectivity index (χ1) is 12.8. The summed E-state index contributed by atoms with van der Waals surface area (Å²) in [6.07, 6.45) is 3.06. The summed E-state index contributed by atoms with van der Waals surface area (Å²) in [6, 6.07) is 6.28. The van der Waals surface area contributed by atoms with Gasteiger partial charge in [-0.3, -0.25) is 4.79 Å². The number of rotatable bonds is 4. The summed E-state index contributed by atoms with van der Waals surface area (Å²) in [5, 5.41) is 30.3. The van der Waals surface area contributed by atoms with Gasteiger partial charge in [0.05, 0.1) is 11.1 Å². The van der Waals surface area contributed by atoms with Gasteiger partial charge in [0, 0.05) is 11.3 Å².